The molecular formula is C28H24O9. The van der Waals surface area contributed by atoms with E-state index in [0.29, 0.717) is 5.56 Å². The zero-order chi connectivity index (χ0) is 26.2. The molecule has 0 unspecified atom stereocenters. The fourth-order valence-corrected chi connectivity index (χ4v) is 3.70. The lowest BCUT2D eigenvalue weighted by Crippen LogP contribution is -2.42. The lowest BCUT2D eigenvalue weighted by molar-refractivity contribution is -0.187. The van der Waals surface area contributed by atoms with E-state index in [1.165, 1.54) is 0 Å². The molecule has 0 spiro atoms. The molecule has 1 fully saturated rings. The minimum Gasteiger partial charge on any atom is -0.459 e. The molecule has 3 aromatic carbocycles. The topological polar surface area (TPSA) is 114 Å². The van der Waals surface area contributed by atoms with Gasteiger partial charge in [-0.25, -0.2) is 14.4 Å². The van der Waals surface area contributed by atoms with Gasteiger partial charge in [-0.3, -0.25) is 4.79 Å². The van der Waals surface area contributed by atoms with E-state index >= 15 is 0 Å². The van der Waals surface area contributed by atoms with Crippen molar-refractivity contribution in [1.82, 2.24) is 0 Å². The van der Waals surface area contributed by atoms with Crippen molar-refractivity contribution in [3.05, 3.63) is 108 Å². The predicted octanol–water partition coefficient (Wildman–Crippen LogP) is 3.58. The van der Waals surface area contributed by atoms with Crippen LogP contribution in [0, 0.1) is 0 Å². The van der Waals surface area contributed by atoms with Gasteiger partial charge in [-0.2, -0.15) is 0 Å². The Morgan fingerprint density at radius 2 is 1.05 bits per heavy atom. The molecule has 1 heterocycles. The monoisotopic (exact) mass is 504 g/mol. The van der Waals surface area contributed by atoms with Crippen LogP contribution < -0.4 is 0 Å². The Morgan fingerprint density at radius 1 is 0.622 bits per heavy atom. The molecule has 4 rings (SSSR count). The number of benzene rings is 3. The van der Waals surface area contributed by atoms with Crippen LogP contribution in [-0.2, 0) is 28.5 Å². The number of rotatable bonds is 8. The third-order valence-corrected chi connectivity index (χ3v) is 5.44. The Morgan fingerprint density at radius 3 is 1.51 bits per heavy atom. The standard InChI is InChI=1S/C28H24O9/c1-18(29)34-28-24(37-27(32)21-15-9-4-10-16-21)23(36-26(31)20-13-7-3-8-14-20)22(35-28)17-33-25(30)19-11-5-2-6-12-19/h2-16,22-24,28H,17H2,1H3/t22-,23+,24+,28-/m0/s1. The Hall–Kier alpha value is -4.50. The van der Waals surface area contributed by atoms with Crippen LogP contribution in [-0.4, -0.2) is 55.1 Å². The van der Waals surface area contributed by atoms with Crippen LogP contribution in [0.4, 0.5) is 0 Å². The molecule has 0 amide bonds. The van der Waals surface area contributed by atoms with Crippen molar-refractivity contribution < 1.29 is 42.9 Å². The molecule has 37 heavy (non-hydrogen) atoms. The van der Waals surface area contributed by atoms with Crippen molar-refractivity contribution in [2.24, 2.45) is 0 Å². The van der Waals surface area contributed by atoms with Crippen LogP contribution in [0.1, 0.15) is 38.0 Å². The summed E-state index contributed by atoms with van der Waals surface area (Å²) in [7, 11) is 0. The summed E-state index contributed by atoms with van der Waals surface area (Å²) in [5.74, 6) is -2.81. The second-order valence-corrected chi connectivity index (χ2v) is 8.09. The molecule has 3 aromatic rings. The maximum absolute atomic E-state index is 12.9. The second-order valence-electron chi connectivity index (χ2n) is 8.09. The number of carbonyl (C=O) groups excluding carboxylic acids is 4. The minimum atomic E-state index is -1.40. The van der Waals surface area contributed by atoms with E-state index in [1.807, 2.05) is 0 Å². The lowest BCUT2D eigenvalue weighted by atomic mass is 10.1. The third kappa shape index (κ3) is 6.59. The first-order chi connectivity index (χ1) is 17.9. The van der Waals surface area contributed by atoms with Gasteiger partial charge in [0.2, 0.25) is 12.4 Å². The lowest BCUT2D eigenvalue weighted by Gasteiger charge is -2.24. The number of ether oxygens (including phenoxy) is 5. The van der Waals surface area contributed by atoms with E-state index in [2.05, 4.69) is 0 Å². The first kappa shape index (κ1) is 25.6. The van der Waals surface area contributed by atoms with Gasteiger partial charge in [0.25, 0.3) is 0 Å². The Balaban J connectivity index is 1.58. The highest BCUT2D eigenvalue weighted by atomic mass is 16.8. The van der Waals surface area contributed by atoms with Crippen molar-refractivity contribution in [1.29, 1.82) is 0 Å². The van der Waals surface area contributed by atoms with Crippen LogP contribution in [0.25, 0.3) is 0 Å². The third-order valence-electron chi connectivity index (χ3n) is 5.44. The molecule has 0 radical (unpaired) electrons. The van der Waals surface area contributed by atoms with Crippen LogP contribution in [0.3, 0.4) is 0 Å². The molecule has 9 nitrogen and oxygen atoms in total. The Kier molecular flexibility index (Phi) is 8.27. The SMILES string of the molecule is CC(=O)O[C@H]1O[C@@H](COC(=O)c2ccccc2)[C@@H](OC(=O)c2ccccc2)[C@H]1OC(=O)c1ccccc1. The van der Waals surface area contributed by atoms with Gasteiger partial charge >= 0.3 is 23.9 Å². The molecule has 9 heteroatoms. The molecular weight excluding hydrogens is 480 g/mol. The van der Waals surface area contributed by atoms with Crippen molar-refractivity contribution in [3.63, 3.8) is 0 Å². The van der Waals surface area contributed by atoms with Gasteiger partial charge in [-0.1, -0.05) is 54.6 Å². The zero-order valence-corrected chi connectivity index (χ0v) is 19.9. The van der Waals surface area contributed by atoms with Gasteiger partial charge in [-0.05, 0) is 36.4 Å². The van der Waals surface area contributed by atoms with E-state index in [-0.39, 0.29) is 17.7 Å². The van der Waals surface area contributed by atoms with E-state index < -0.39 is 48.5 Å². The summed E-state index contributed by atoms with van der Waals surface area (Å²) in [5.41, 5.74) is 0.782. The largest absolute Gasteiger partial charge is 0.459 e. The number of hydrogen-bond acceptors (Lipinski definition) is 9. The molecule has 0 bridgehead atoms. The van der Waals surface area contributed by atoms with Gasteiger partial charge in [0.15, 0.2) is 6.10 Å². The fraction of sp³-hybridized carbons (Fsp3) is 0.214. The average molecular weight is 504 g/mol. The van der Waals surface area contributed by atoms with Gasteiger partial charge in [-0.15, -0.1) is 0 Å². The van der Waals surface area contributed by atoms with Crippen molar-refractivity contribution in [2.45, 2.75) is 31.5 Å². The van der Waals surface area contributed by atoms with Crippen LogP contribution in [0.15, 0.2) is 91.0 Å². The summed E-state index contributed by atoms with van der Waals surface area (Å²) in [4.78, 5) is 50.0. The second kappa shape index (κ2) is 12.0. The summed E-state index contributed by atoms with van der Waals surface area (Å²) in [5, 5.41) is 0. The predicted molar refractivity (Wildman–Crippen MR) is 128 cm³/mol. The van der Waals surface area contributed by atoms with Gasteiger partial charge < -0.3 is 23.7 Å². The molecule has 0 N–H and O–H groups in total. The Labute approximate surface area is 212 Å². The molecule has 0 aliphatic carbocycles. The van der Waals surface area contributed by atoms with Gasteiger partial charge in [0, 0.05) is 6.92 Å². The summed E-state index contributed by atoms with van der Waals surface area (Å²) in [6.07, 6.45) is -5.09. The number of carbonyl (C=O) groups is 4. The molecule has 1 saturated heterocycles. The normalized spacial score (nSPS) is 20.5. The maximum atomic E-state index is 12.9. The van der Waals surface area contributed by atoms with Gasteiger partial charge in [0.1, 0.15) is 12.7 Å². The summed E-state index contributed by atoms with van der Waals surface area (Å²) >= 11 is 0. The highest BCUT2D eigenvalue weighted by molar-refractivity contribution is 5.91. The van der Waals surface area contributed by atoms with Crippen LogP contribution >= 0.6 is 0 Å². The summed E-state index contributed by atoms with van der Waals surface area (Å²) in [6.45, 7) is 0.796. The van der Waals surface area contributed by atoms with E-state index in [9.17, 15) is 19.2 Å². The van der Waals surface area contributed by atoms with Crippen molar-refractivity contribution in [2.75, 3.05) is 6.61 Å². The van der Waals surface area contributed by atoms with E-state index in [4.69, 9.17) is 23.7 Å². The van der Waals surface area contributed by atoms with Crippen molar-refractivity contribution >= 4 is 23.9 Å². The average Bonchev–Trinajstić information content (AvgIpc) is 3.23. The quantitative estimate of drug-likeness (QED) is 0.335. The number of hydrogen-bond donors (Lipinski definition) is 0. The smallest absolute Gasteiger partial charge is 0.338 e. The highest BCUT2D eigenvalue weighted by Gasteiger charge is 2.52. The van der Waals surface area contributed by atoms with Crippen LogP contribution in [0.2, 0.25) is 0 Å². The Bertz CT molecular complexity index is 1230. The maximum Gasteiger partial charge on any atom is 0.338 e. The first-order valence-electron chi connectivity index (χ1n) is 11.5. The summed E-state index contributed by atoms with van der Waals surface area (Å²) < 4.78 is 27.7. The fourth-order valence-electron chi connectivity index (χ4n) is 3.70. The first-order valence-corrected chi connectivity index (χ1v) is 11.5. The molecule has 0 aromatic heterocycles. The van der Waals surface area contributed by atoms with E-state index in [0.717, 1.165) is 6.92 Å². The minimum absolute atomic E-state index is 0.233. The summed E-state index contributed by atoms with van der Waals surface area (Å²) in [6, 6.07) is 24.6. The molecule has 1 aliphatic rings. The van der Waals surface area contributed by atoms with E-state index in [1.54, 1.807) is 91.0 Å². The number of esters is 4. The molecule has 0 saturated carbocycles. The van der Waals surface area contributed by atoms with Crippen molar-refractivity contribution in [3.8, 4) is 0 Å². The van der Waals surface area contributed by atoms with Crippen LogP contribution in [0.5, 0.6) is 0 Å². The zero-order valence-electron chi connectivity index (χ0n) is 19.9. The highest BCUT2D eigenvalue weighted by Crippen LogP contribution is 2.30. The molecule has 4 atom stereocenters. The molecule has 190 valence electrons. The van der Waals surface area contributed by atoms with Gasteiger partial charge in [0.05, 0.1) is 16.7 Å². The molecule has 1 aliphatic heterocycles.